The monoisotopic (exact) mass is 261 g/mol. The Balaban J connectivity index is 2.84. The number of hydrogen-bond donors (Lipinski definition) is 1. The Labute approximate surface area is 119 Å². The Morgan fingerprint density at radius 1 is 1.05 bits per heavy atom. The molecule has 1 aromatic rings. The van der Waals surface area contributed by atoms with Gasteiger partial charge in [0.1, 0.15) is 0 Å². The number of aryl methyl sites for hydroxylation is 2. The van der Waals surface area contributed by atoms with E-state index in [4.69, 9.17) is 0 Å². The van der Waals surface area contributed by atoms with Crippen molar-refractivity contribution in [1.29, 1.82) is 0 Å². The second kappa shape index (κ2) is 5.66. The van der Waals surface area contributed by atoms with Crippen molar-refractivity contribution < 1.29 is 0 Å². The zero-order valence-electron chi connectivity index (χ0n) is 14.0. The summed E-state index contributed by atoms with van der Waals surface area (Å²) in [7, 11) is 0. The van der Waals surface area contributed by atoms with Crippen LogP contribution < -0.4 is 5.32 Å². The Hall–Kier alpha value is -0.820. The Bertz CT molecular complexity index is 424. The third kappa shape index (κ3) is 5.36. The molecule has 19 heavy (non-hydrogen) atoms. The first-order valence-electron chi connectivity index (χ1n) is 7.35. The van der Waals surface area contributed by atoms with Crippen LogP contribution in [0.5, 0.6) is 0 Å². The van der Waals surface area contributed by atoms with Gasteiger partial charge in [0, 0.05) is 11.6 Å². The van der Waals surface area contributed by atoms with Crippen LogP contribution in [0.2, 0.25) is 0 Å². The average Bonchev–Trinajstić information content (AvgIpc) is 2.16. The lowest BCUT2D eigenvalue weighted by Gasteiger charge is -2.36. The minimum atomic E-state index is 0.147. The van der Waals surface area contributed by atoms with E-state index in [1.165, 1.54) is 16.7 Å². The van der Waals surface area contributed by atoms with Gasteiger partial charge in [0.25, 0.3) is 0 Å². The molecule has 0 bridgehead atoms. The van der Waals surface area contributed by atoms with E-state index in [1.54, 1.807) is 0 Å². The van der Waals surface area contributed by atoms with E-state index < -0.39 is 0 Å². The van der Waals surface area contributed by atoms with E-state index in [0.717, 1.165) is 6.42 Å². The fourth-order valence-electron chi connectivity index (χ4n) is 3.27. The van der Waals surface area contributed by atoms with Crippen molar-refractivity contribution in [2.45, 2.75) is 73.4 Å². The average molecular weight is 261 g/mol. The minimum absolute atomic E-state index is 0.147. The van der Waals surface area contributed by atoms with Gasteiger partial charge in [-0.25, -0.2) is 0 Å². The molecule has 1 nitrogen and oxygen atoms in total. The summed E-state index contributed by atoms with van der Waals surface area (Å²) < 4.78 is 0. The molecule has 1 aromatic carbocycles. The maximum absolute atomic E-state index is 3.80. The lowest BCUT2D eigenvalue weighted by molar-refractivity contribution is 0.226. The highest BCUT2D eigenvalue weighted by molar-refractivity contribution is 5.32. The van der Waals surface area contributed by atoms with Crippen LogP contribution in [0, 0.1) is 19.3 Å². The molecule has 0 saturated carbocycles. The molecule has 0 heterocycles. The molecule has 0 radical (unpaired) electrons. The molecule has 108 valence electrons. The highest BCUT2D eigenvalue weighted by Crippen LogP contribution is 2.29. The van der Waals surface area contributed by atoms with Gasteiger partial charge in [0.05, 0.1) is 0 Å². The summed E-state index contributed by atoms with van der Waals surface area (Å²) in [5.41, 5.74) is 4.62. The molecule has 1 atom stereocenters. The Morgan fingerprint density at radius 2 is 1.63 bits per heavy atom. The first-order valence-corrected chi connectivity index (χ1v) is 7.35. The standard InChI is InChI=1S/C18H31N/c1-13-9-10-14(2)16(11-13)15(3)19-18(7,8)12-17(4,5)6/h9-11,15,19H,12H2,1-8H3. The van der Waals surface area contributed by atoms with Crippen molar-refractivity contribution in [2.75, 3.05) is 0 Å². The van der Waals surface area contributed by atoms with Crippen molar-refractivity contribution in [2.24, 2.45) is 5.41 Å². The maximum Gasteiger partial charge on any atom is 0.0299 e. The van der Waals surface area contributed by atoms with Crippen molar-refractivity contribution >= 4 is 0 Å². The molecule has 1 N–H and O–H groups in total. The molecule has 0 saturated heterocycles. The van der Waals surface area contributed by atoms with Crippen molar-refractivity contribution in [1.82, 2.24) is 5.32 Å². The molecule has 0 aliphatic carbocycles. The summed E-state index contributed by atoms with van der Waals surface area (Å²) >= 11 is 0. The maximum atomic E-state index is 3.80. The van der Waals surface area contributed by atoms with Crippen LogP contribution in [0.3, 0.4) is 0 Å². The van der Waals surface area contributed by atoms with Gasteiger partial charge in [-0.1, -0.05) is 44.5 Å². The Kier molecular flexibility index (Phi) is 4.84. The van der Waals surface area contributed by atoms with Crippen LogP contribution in [0.4, 0.5) is 0 Å². The van der Waals surface area contributed by atoms with Gasteiger partial charge in [-0.2, -0.15) is 0 Å². The zero-order chi connectivity index (χ0) is 14.8. The number of benzene rings is 1. The summed E-state index contributed by atoms with van der Waals surface area (Å²) in [5.74, 6) is 0. The number of nitrogens with one attached hydrogen (secondary N) is 1. The minimum Gasteiger partial charge on any atom is -0.305 e. The topological polar surface area (TPSA) is 12.0 Å². The molecule has 0 aliphatic rings. The fourth-order valence-corrected chi connectivity index (χ4v) is 3.27. The third-order valence-corrected chi connectivity index (χ3v) is 3.48. The SMILES string of the molecule is Cc1ccc(C)c(C(C)NC(C)(C)CC(C)(C)C)c1. The molecule has 1 heteroatoms. The van der Waals surface area contributed by atoms with Gasteiger partial charge in [-0.15, -0.1) is 0 Å². The van der Waals surface area contributed by atoms with Crippen molar-refractivity contribution in [3.63, 3.8) is 0 Å². The van der Waals surface area contributed by atoms with E-state index in [9.17, 15) is 0 Å². The molecular formula is C18H31N. The lowest BCUT2D eigenvalue weighted by atomic mass is 9.81. The number of rotatable bonds is 4. The summed E-state index contributed by atoms with van der Waals surface area (Å²) in [6.45, 7) is 18.2. The van der Waals surface area contributed by atoms with Crippen LogP contribution in [-0.2, 0) is 0 Å². The molecule has 1 rings (SSSR count). The smallest absolute Gasteiger partial charge is 0.0299 e. The first kappa shape index (κ1) is 16.2. The summed E-state index contributed by atoms with van der Waals surface area (Å²) in [5, 5.41) is 3.80. The van der Waals surface area contributed by atoms with E-state index in [2.05, 4.69) is 78.9 Å². The lowest BCUT2D eigenvalue weighted by Crippen LogP contribution is -2.43. The molecule has 1 unspecified atom stereocenters. The zero-order valence-corrected chi connectivity index (χ0v) is 14.0. The van der Waals surface area contributed by atoms with Crippen LogP contribution in [0.15, 0.2) is 18.2 Å². The molecule has 0 spiro atoms. The van der Waals surface area contributed by atoms with Gasteiger partial charge in [0.2, 0.25) is 0 Å². The van der Waals surface area contributed by atoms with Gasteiger partial charge < -0.3 is 5.32 Å². The van der Waals surface area contributed by atoms with E-state index in [-0.39, 0.29) is 5.54 Å². The fraction of sp³-hybridized carbons (Fsp3) is 0.667. The first-order chi connectivity index (χ1) is 8.50. The van der Waals surface area contributed by atoms with Crippen molar-refractivity contribution in [3.8, 4) is 0 Å². The molecule has 0 aliphatic heterocycles. The van der Waals surface area contributed by atoms with Gasteiger partial charge in [-0.3, -0.25) is 0 Å². The van der Waals surface area contributed by atoms with Gasteiger partial charge in [0.15, 0.2) is 0 Å². The Morgan fingerprint density at radius 3 is 2.16 bits per heavy atom. The van der Waals surface area contributed by atoms with E-state index >= 15 is 0 Å². The van der Waals surface area contributed by atoms with Gasteiger partial charge >= 0.3 is 0 Å². The summed E-state index contributed by atoms with van der Waals surface area (Å²) in [4.78, 5) is 0. The second-order valence-corrected chi connectivity index (χ2v) is 7.85. The molecule has 0 fully saturated rings. The molecule has 0 aromatic heterocycles. The second-order valence-electron chi connectivity index (χ2n) is 7.85. The highest BCUT2D eigenvalue weighted by atomic mass is 15.0. The van der Waals surface area contributed by atoms with Crippen LogP contribution >= 0.6 is 0 Å². The molecular weight excluding hydrogens is 230 g/mol. The third-order valence-electron chi connectivity index (χ3n) is 3.48. The van der Waals surface area contributed by atoms with Crippen LogP contribution in [0.25, 0.3) is 0 Å². The van der Waals surface area contributed by atoms with Crippen LogP contribution in [0.1, 0.15) is 70.7 Å². The number of hydrogen-bond acceptors (Lipinski definition) is 1. The predicted octanol–water partition coefficient (Wildman–Crippen LogP) is 5.17. The summed E-state index contributed by atoms with van der Waals surface area (Å²) in [6.07, 6.45) is 1.16. The largest absolute Gasteiger partial charge is 0.305 e. The van der Waals surface area contributed by atoms with E-state index in [0.29, 0.717) is 11.5 Å². The van der Waals surface area contributed by atoms with E-state index in [1.807, 2.05) is 0 Å². The summed E-state index contributed by atoms with van der Waals surface area (Å²) in [6, 6.07) is 7.10. The highest BCUT2D eigenvalue weighted by Gasteiger charge is 2.27. The predicted molar refractivity (Wildman–Crippen MR) is 85.6 cm³/mol. The molecule has 0 amide bonds. The van der Waals surface area contributed by atoms with Gasteiger partial charge in [-0.05, 0) is 57.6 Å². The van der Waals surface area contributed by atoms with Crippen LogP contribution in [-0.4, -0.2) is 5.54 Å². The van der Waals surface area contributed by atoms with Crippen molar-refractivity contribution in [3.05, 3.63) is 34.9 Å². The normalized spacial score (nSPS) is 14.5. The quantitative estimate of drug-likeness (QED) is 0.788.